The van der Waals surface area contributed by atoms with Crippen LogP contribution in [0.2, 0.25) is 0 Å². The van der Waals surface area contributed by atoms with Crippen LogP contribution in [-0.2, 0) is 6.42 Å². The normalized spacial score (nSPS) is 17.5. The molecule has 5 rings (SSSR count). The van der Waals surface area contributed by atoms with Crippen molar-refractivity contribution >= 4 is 23.0 Å². The summed E-state index contributed by atoms with van der Waals surface area (Å²) in [5.41, 5.74) is 8.84. The van der Waals surface area contributed by atoms with Crippen LogP contribution in [-0.4, -0.2) is 45.4 Å². The summed E-state index contributed by atoms with van der Waals surface area (Å²) < 4.78 is 7.70. The Balaban J connectivity index is 1.45. The molecule has 3 heterocycles. The van der Waals surface area contributed by atoms with Crippen LogP contribution in [0.4, 0.5) is 9.59 Å². The van der Waals surface area contributed by atoms with Crippen molar-refractivity contribution in [3.8, 4) is 16.9 Å². The maximum absolute atomic E-state index is 11.6. The molecule has 3 aromatic rings. The number of rotatable bonds is 1. The lowest BCUT2D eigenvalue weighted by molar-refractivity contribution is -0.00471. The highest BCUT2D eigenvalue weighted by molar-refractivity contribution is 6.00. The third-order valence-corrected chi connectivity index (χ3v) is 6.45. The summed E-state index contributed by atoms with van der Waals surface area (Å²) in [5, 5.41) is 10.4. The molecule has 1 saturated heterocycles. The fourth-order valence-electron chi connectivity index (χ4n) is 4.74. The van der Waals surface area contributed by atoms with Crippen molar-refractivity contribution < 1.29 is 19.4 Å². The summed E-state index contributed by atoms with van der Waals surface area (Å²) in [6.45, 7) is 1.24. The highest BCUT2D eigenvalue weighted by Crippen LogP contribution is 2.41. The van der Waals surface area contributed by atoms with Gasteiger partial charge in [0.2, 0.25) is 0 Å². The van der Waals surface area contributed by atoms with E-state index in [9.17, 15) is 14.7 Å². The van der Waals surface area contributed by atoms with E-state index < -0.39 is 6.09 Å². The predicted octanol–water partition coefficient (Wildman–Crippen LogP) is 4.07. The van der Waals surface area contributed by atoms with Gasteiger partial charge in [-0.15, -0.1) is 0 Å². The van der Waals surface area contributed by atoms with Crippen LogP contribution in [0.25, 0.3) is 22.0 Å². The van der Waals surface area contributed by atoms with E-state index in [1.807, 2.05) is 36.4 Å². The van der Waals surface area contributed by atoms with Gasteiger partial charge in [0, 0.05) is 43.1 Å². The molecule has 2 amide bonds. The molecule has 7 heteroatoms. The van der Waals surface area contributed by atoms with Crippen LogP contribution in [0.15, 0.2) is 48.7 Å². The average molecular weight is 405 g/mol. The van der Waals surface area contributed by atoms with Crippen molar-refractivity contribution in [1.29, 1.82) is 0 Å². The Hall–Kier alpha value is -3.48. The van der Waals surface area contributed by atoms with Crippen LogP contribution in [0.1, 0.15) is 24.8 Å². The molecule has 0 bridgehead atoms. The smallest absolute Gasteiger partial charge is 0.416 e. The summed E-state index contributed by atoms with van der Waals surface area (Å²) in [6.07, 6.45) is 4.03. The van der Waals surface area contributed by atoms with Crippen molar-refractivity contribution in [2.45, 2.75) is 31.3 Å². The number of nitrogens with two attached hydrogens (primary N) is 1. The lowest BCUT2D eigenvalue weighted by Crippen LogP contribution is -2.52. The van der Waals surface area contributed by atoms with Crippen LogP contribution in [0, 0.1) is 0 Å². The Morgan fingerprint density at radius 2 is 1.83 bits per heavy atom. The summed E-state index contributed by atoms with van der Waals surface area (Å²) in [7, 11) is 0. The number of urea groups is 1. The number of carbonyl (C=O) groups is 2. The molecule has 154 valence electrons. The van der Waals surface area contributed by atoms with Crippen molar-refractivity contribution in [3.05, 3.63) is 54.2 Å². The number of hydrogen-bond donors (Lipinski definition) is 2. The SMILES string of the molecule is NC(=O)N1CCC2(CCc3cc(-c4cn(C(=O)O)c5ccccc45)ccc3O2)CC1. The van der Waals surface area contributed by atoms with Gasteiger partial charge in [0.05, 0.1) is 5.52 Å². The van der Waals surface area contributed by atoms with Gasteiger partial charge in [0.1, 0.15) is 11.4 Å². The summed E-state index contributed by atoms with van der Waals surface area (Å²) >= 11 is 0. The zero-order valence-corrected chi connectivity index (χ0v) is 16.5. The van der Waals surface area contributed by atoms with Crippen molar-refractivity contribution in [3.63, 3.8) is 0 Å². The highest BCUT2D eigenvalue weighted by Gasteiger charge is 2.40. The van der Waals surface area contributed by atoms with E-state index in [-0.39, 0.29) is 11.6 Å². The molecule has 1 aromatic heterocycles. The molecule has 0 saturated carbocycles. The third-order valence-electron chi connectivity index (χ3n) is 6.45. The molecule has 0 radical (unpaired) electrons. The minimum atomic E-state index is -0.997. The number of aromatic nitrogens is 1. The molecule has 2 aromatic carbocycles. The topological polar surface area (TPSA) is 97.8 Å². The van der Waals surface area contributed by atoms with E-state index >= 15 is 0 Å². The first-order valence-corrected chi connectivity index (χ1v) is 10.2. The lowest BCUT2D eigenvalue weighted by Gasteiger charge is -2.44. The number of likely N-dealkylation sites (tertiary alicyclic amines) is 1. The summed E-state index contributed by atoms with van der Waals surface area (Å²) in [5.74, 6) is 0.875. The maximum Gasteiger partial charge on any atom is 0.416 e. The minimum Gasteiger partial charge on any atom is -0.487 e. The number of fused-ring (bicyclic) bond motifs is 2. The fourth-order valence-corrected chi connectivity index (χ4v) is 4.74. The van der Waals surface area contributed by atoms with Crippen LogP contribution < -0.4 is 10.5 Å². The molecule has 1 fully saturated rings. The van der Waals surface area contributed by atoms with Crippen molar-refractivity contribution in [2.24, 2.45) is 5.73 Å². The number of primary amides is 1. The lowest BCUT2D eigenvalue weighted by atomic mass is 9.82. The highest BCUT2D eigenvalue weighted by atomic mass is 16.5. The van der Waals surface area contributed by atoms with Crippen molar-refractivity contribution in [1.82, 2.24) is 9.47 Å². The second-order valence-corrected chi connectivity index (χ2v) is 8.15. The van der Waals surface area contributed by atoms with Crippen molar-refractivity contribution in [2.75, 3.05) is 13.1 Å². The number of nitrogens with zero attached hydrogens (tertiary/aromatic N) is 2. The zero-order valence-electron chi connectivity index (χ0n) is 16.5. The van der Waals surface area contributed by atoms with Gasteiger partial charge in [0.25, 0.3) is 0 Å². The van der Waals surface area contributed by atoms with E-state index in [2.05, 4.69) is 6.07 Å². The Morgan fingerprint density at radius 1 is 1.07 bits per heavy atom. The largest absolute Gasteiger partial charge is 0.487 e. The van der Waals surface area contributed by atoms with Crippen LogP contribution in [0.3, 0.4) is 0 Å². The Morgan fingerprint density at radius 3 is 2.57 bits per heavy atom. The van der Waals surface area contributed by atoms with E-state index in [1.54, 1.807) is 11.1 Å². The van der Waals surface area contributed by atoms with E-state index in [1.165, 1.54) is 4.57 Å². The number of hydrogen-bond acceptors (Lipinski definition) is 3. The minimum absolute atomic E-state index is 0.236. The number of para-hydroxylation sites is 1. The molecule has 7 nitrogen and oxygen atoms in total. The number of benzene rings is 2. The van der Waals surface area contributed by atoms with Gasteiger partial charge in [0.15, 0.2) is 0 Å². The molecule has 2 aliphatic heterocycles. The predicted molar refractivity (Wildman–Crippen MR) is 113 cm³/mol. The Labute approximate surface area is 173 Å². The third kappa shape index (κ3) is 2.98. The van der Waals surface area contributed by atoms with E-state index in [0.717, 1.165) is 53.5 Å². The number of carbonyl (C=O) groups excluding carboxylic acids is 1. The molecule has 0 unspecified atom stereocenters. The Bertz CT molecular complexity index is 1160. The summed E-state index contributed by atoms with van der Waals surface area (Å²) in [6, 6.07) is 13.2. The standard InChI is InChI=1S/C23H23N3O4/c24-21(27)25-11-9-23(10-12-25)8-7-16-13-15(5-6-20(16)30-23)18-14-26(22(28)29)19-4-2-1-3-17(18)19/h1-6,13-14H,7-12H2,(H2,24,27)(H,28,29). The quantitative estimate of drug-likeness (QED) is 0.638. The molecule has 30 heavy (non-hydrogen) atoms. The number of piperidine rings is 1. The van der Waals surface area contributed by atoms with Crippen LogP contribution >= 0.6 is 0 Å². The molecule has 1 spiro atoms. The molecule has 3 N–H and O–H groups in total. The zero-order chi connectivity index (χ0) is 20.9. The maximum atomic E-state index is 11.6. The average Bonchev–Trinajstić information content (AvgIpc) is 3.14. The molecule has 0 aliphatic carbocycles. The monoisotopic (exact) mass is 405 g/mol. The number of ether oxygens (including phenoxy) is 1. The molecular formula is C23H23N3O4. The Kier molecular flexibility index (Phi) is 4.20. The number of aryl methyl sites for hydroxylation is 1. The van der Waals surface area contributed by atoms with E-state index in [0.29, 0.717) is 18.6 Å². The molecular weight excluding hydrogens is 382 g/mol. The van der Waals surface area contributed by atoms with Gasteiger partial charge in [-0.05, 0) is 42.2 Å². The number of carboxylic acid groups (broad SMARTS) is 1. The van der Waals surface area contributed by atoms with Gasteiger partial charge in [-0.1, -0.05) is 24.3 Å². The van der Waals surface area contributed by atoms with Crippen LogP contribution in [0.5, 0.6) is 5.75 Å². The fraction of sp³-hybridized carbons (Fsp3) is 0.304. The first-order chi connectivity index (χ1) is 14.5. The second-order valence-electron chi connectivity index (χ2n) is 8.15. The summed E-state index contributed by atoms with van der Waals surface area (Å²) in [4.78, 5) is 24.7. The van der Waals surface area contributed by atoms with Gasteiger partial charge < -0.3 is 20.5 Å². The van der Waals surface area contributed by atoms with Gasteiger partial charge in [-0.3, -0.25) is 4.57 Å². The van der Waals surface area contributed by atoms with Gasteiger partial charge >= 0.3 is 12.1 Å². The number of amides is 2. The molecule has 0 atom stereocenters. The van der Waals surface area contributed by atoms with E-state index in [4.69, 9.17) is 10.5 Å². The first-order valence-electron chi connectivity index (χ1n) is 10.2. The van der Waals surface area contributed by atoms with Gasteiger partial charge in [-0.25, -0.2) is 9.59 Å². The second kappa shape index (κ2) is 6.79. The van der Waals surface area contributed by atoms with Gasteiger partial charge in [-0.2, -0.15) is 0 Å². The first kappa shape index (κ1) is 18.5. The molecule has 2 aliphatic rings.